The van der Waals surface area contributed by atoms with Crippen molar-refractivity contribution < 1.29 is 4.79 Å². The Morgan fingerprint density at radius 2 is 2.00 bits per heavy atom. The van der Waals surface area contributed by atoms with Crippen molar-refractivity contribution in [1.29, 1.82) is 0 Å². The third-order valence-electron chi connectivity index (χ3n) is 3.79. The number of hydrogen-bond donors (Lipinski definition) is 1. The lowest BCUT2D eigenvalue weighted by molar-refractivity contribution is -0.120. The number of benzene rings is 1. The molecule has 1 N–H and O–H groups in total. The lowest BCUT2D eigenvalue weighted by atomic mass is 10.1. The van der Waals surface area contributed by atoms with E-state index in [1.807, 2.05) is 68.1 Å². The van der Waals surface area contributed by atoms with E-state index >= 15 is 0 Å². The minimum atomic E-state index is 0.0698. The number of carbonyl (C=O) groups is 1. The molecule has 2 rings (SSSR count). The molecule has 0 fully saturated rings. The molecule has 1 heterocycles. The number of nitrogens with one attached hydrogen (secondary N) is 1. The Labute approximate surface area is 131 Å². The van der Waals surface area contributed by atoms with Crippen LogP contribution in [0.5, 0.6) is 0 Å². The zero-order chi connectivity index (χ0) is 15.9. The Bertz CT molecular complexity index is 656. The highest BCUT2D eigenvalue weighted by atomic mass is 16.1. The second-order valence-corrected chi connectivity index (χ2v) is 5.39. The Balaban J connectivity index is 1.75. The van der Waals surface area contributed by atoms with Crippen molar-refractivity contribution >= 4 is 12.0 Å². The van der Waals surface area contributed by atoms with E-state index in [2.05, 4.69) is 10.4 Å². The number of aromatic nitrogens is 2. The van der Waals surface area contributed by atoms with E-state index in [0.29, 0.717) is 13.0 Å². The molecule has 116 valence electrons. The summed E-state index contributed by atoms with van der Waals surface area (Å²) >= 11 is 0. The first kappa shape index (κ1) is 16.0. The van der Waals surface area contributed by atoms with Gasteiger partial charge in [-0.2, -0.15) is 5.10 Å². The van der Waals surface area contributed by atoms with Gasteiger partial charge >= 0.3 is 0 Å². The van der Waals surface area contributed by atoms with E-state index in [1.54, 1.807) is 0 Å². The fraction of sp³-hybridized carbons (Fsp3) is 0.333. The van der Waals surface area contributed by atoms with Crippen LogP contribution in [-0.2, 0) is 18.3 Å². The summed E-state index contributed by atoms with van der Waals surface area (Å²) in [6.07, 6.45) is 5.20. The number of hydrogen-bond acceptors (Lipinski definition) is 2. The summed E-state index contributed by atoms with van der Waals surface area (Å²) in [6.45, 7) is 4.58. The minimum absolute atomic E-state index is 0.0698. The Morgan fingerprint density at radius 3 is 2.64 bits per heavy atom. The predicted octanol–water partition coefficient (Wildman–Crippen LogP) is 2.80. The fourth-order valence-corrected chi connectivity index (χ4v) is 2.44. The molecule has 4 nitrogen and oxygen atoms in total. The third-order valence-corrected chi connectivity index (χ3v) is 3.79. The first-order chi connectivity index (χ1) is 10.6. The largest absolute Gasteiger partial charge is 0.353 e. The van der Waals surface area contributed by atoms with Crippen LogP contribution in [-0.4, -0.2) is 22.2 Å². The van der Waals surface area contributed by atoms with Crippen molar-refractivity contribution in [3.63, 3.8) is 0 Å². The van der Waals surface area contributed by atoms with E-state index in [9.17, 15) is 4.79 Å². The molecule has 0 aliphatic rings. The number of amides is 1. The van der Waals surface area contributed by atoms with Gasteiger partial charge in [-0.15, -0.1) is 0 Å². The van der Waals surface area contributed by atoms with Gasteiger partial charge in [0.1, 0.15) is 0 Å². The van der Waals surface area contributed by atoms with Gasteiger partial charge in [0, 0.05) is 25.7 Å². The van der Waals surface area contributed by atoms with E-state index in [4.69, 9.17) is 0 Å². The molecule has 0 aliphatic carbocycles. The quantitative estimate of drug-likeness (QED) is 0.891. The molecule has 0 saturated carbocycles. The molecule has 0 unspecified atom stereocenters. The first-order valence-electron chi connectivity index (χ1n) is 7.55. The number of rotatable bonds is 6. The van der Waals surface area contributed by atoms with E-state index < -0.39 is 0 Å². The maximum absolute atomic E-state index is 11.9. The van der Waals surface area contributed by atoms with Crippen molar-refractivity contribution in [2.24, 2.45) is 7.05 Å². The lowest BCUT2D eigenvalue weighted by Crippen LogP contribution is -2.23. The molecule has 1 amide bonds. The molecular weight excluding hydrogens is 274 g/mol. The normalized spacial score (nSPS) is 11.0. The number of carbonyl (C=O) groups excluding carboxylic acids is 1. The average molecular weight is 297 g/mol. The number of aryl methyl sites for hydroxylation is 2. The number of nitrogens with zero attached hydrogens (tertiary/aromatic N) is 2. The van der Waals surface area contributed by atoms with Crippen LogP contribution in [0.2, 0.25) is 0 Å². The smallest absolute Gasteiger partial charge is 0.220 e. The van der Waals surface area contributed by atoms with E-state index in [-0.39, 0.29) is 5.91 Å². The molecule has 0 atom stereocenters. The Morgan fingerprint density at radius 1 is 1.27 bits per heavy atom. The van der Waals surface area contributed by atoms with Gasteiger partial charge < -0.3 is 5.32 Å². The van der Waals surface area contributed by atoms with Crippen LogP contribution in [0.15, 0.2) is 36.4 Å². The monoisotopic (exact) mass is 297 g/mol. The lowest BCUT2D eigenvalue weighted by Gasteiger charge is -2.03. The second-order valence-electron chi connectivity index (χ2n) is 5.39. The van der Waals surface area contributed by atoms with Crippen LogP contribution in [0.1, 0.15) is 28.9 Å². The van der Waals surface area contributed by atoms with Crippen LogP contribution in [0.3, 0.4) is 0 Å². The topological polar surface area (TPSA) is 46.9 Å². The van der Waals surface area contributed by atoms with Gasteiger partial charge in [-0.3, -0.25) is 9.48 Å². The van der Waals surface area contributed by atoms with E-state index in [0.717, 1.165) is 23.4 Å². The average Bonchev–Trinajstić information content (AvgIpc) is 2.76. The van der Waals surface area contributed by atoms with Crippen LogP contribution < -0.4 is 5.32 Å². The van der Waals surface area contributed by atoms with Crippen molar-refractivity contribution in [1.82, 2.24) is 15.1 Å². The second kappa shape index (κ2) is 7.59. The van der Waals surface area contributed by atoms with Gasteiger partial charge in [-0.25, -0.2) is 0 Å². The van der Waals surface area contributed by atoms with Gasteiger partial charge in [-0.05, 0) is 31.4 Å². The molecule has 0 aliphatic heterocycles. The van der Waals surface area contributed by atoms with Gasteiger partial charge in [0.25, 0.3) is 0 Å². The first-order valence-corrected chi connectivity index (χ1v) is 7.55. The molecule has 2 aromatic rings. The van der Waals surface area contributed by atoms with Crippen LogP contribution >= 0.6 is 0 Å². The molecule has 22 heavy (non-hydrogen) atoms. The molecule has 0 spiro atoms. The van der Waals surface area contributed by atoms with Crippen LogP contribution in [0.25, 0.3) is 6.08 Å². The van der Waals surface area contributed by atoms with Gasteiger partial charge in [0.15, 0.2) is 0 Å². The molecule has 4 heteroatoms. The Hall–Kier alpha value is -2.36. The zero-order valence-electron chi connectivity index (χ0n) is 13.5. The summed E-state index contributed by atoms with van der Waals surface area (Å²) in [5.41, 5.74) is 4.46. The summed E-state index contributed by atoms with van der Waals surface area (Å²) in [7, 11) is 1.93. The standard InChI is InChI=1S/C18H23N3O/c1-14-17(15(2)21(3)20-14)11-12-18(22)19-13-7-10-16-8-5-4-6-9-16/h4-10H,11-13H2,1-3H3,(H,19,22)/b10-7-. The highest BCUT2D eigenvalue weighted by molar-refractivity contribution is 5.76. The van der Waals surface area contributed by atoms with Gasteiger partial charge in [0.2, 0.25) is 5.91 Å². The summed E-state index contributed by atoms with van der Waals surface area (Å²) in [5, 5.41) is 7.29. The van der Waals surface area contributed by atoms with Gasteiger partial charge in [0.05, 0.1) is 5.69 Å². The van der Waals surface area contributed by atoms with Crippen molar-refractivity contribution in [2.75, 3.05) is 6.54 Å². The highest BCUT2D eigenvalue weighted by Gasteiger charge is 2.10. The summed E-state index contributed by atoms with van der Waals surface area (Å²) < 4.78 is 1.87. The molecule has 1 aromatic heterocycles. The molecule has 0 saturated heterocycles. The SMILES string of the molecule is Cc1nn(C)c(C)c1CCC(=O)NC/C=C\c1ccccc1. The van der Waals surface area contributed by atoms with Crippen molar-refractivity contribution in [3.8, 4) is 0 Å². The third kappa shape index (κ3) is 4.32. The Kier molecular flexibility index (Phi) is 5.53. The van der Waals surface area contributed by atoms with Crippen molar-refractivity contribution in [2.45, 2.75) is 26.7 Å². The van der Waals surface area contributed by atoms with Crippen LogP contribution in [0, 0.1) is 13.8 Å². The van der Waals surface area contributed by atoms with Crippen molar-refractivity contribution in [3.05, 3.63) is 58.9 Å². The zero-order valence-corrected chi connectivity index (χ0v) is 13.5. The van der Waals surface area contributed by atoms with Crippen LogP contribution in [0.4, 0.5) is 0 Å². The molecule has 0 bridgehead atoms. The minimum Gasteiger partial charge on any atom is -0.353 e. The summed E-state index contributed by atoms with van der Waals surface area (Å²) in [5.74, 6) is 0.0698. The predicted molar refractivity (Wildman–Crippen MR) is 89.5 cm³/mol. The maximum Gasteiger partial charge on any atom is 0.220 e. The molecule has 1 aromatic carbocycles. The fourth-order valence-electron chi connectivity index (χ4n) is 2.44. The van der Waals surface area contributed by atoms with E-state index in [1.165, 1.54) is 5.56 Å². The molecule has 0 radical (unpaired) electrons. The summed E-state index contributed by atoms with van der Waals surface area (Å²) in [6, 6.07) is 10.0. The molecular formula is C18H23N3O. The maximum atomic E-state index is 11.9. The highest BCUT2D eigenvalue weighted by Crippen LogP contribution is 2.13. The van der Waals surface area contributed by atoms with Gasteiger partial charge in [-0.1, -0.05) is 42.5 Å². The summed E-state index contributed by atoms with van der Waals surface area (Å²) in [4.78, 5) is 11.9.